The van der Waals surface area contributed by atoms with Gasteiger partial charge in [0.25, 0.3) is 0 Å². The molecule has 5 saturated heterocycles. The highest BCUT2D eigenvalue weighted by molar-refractivity contribution is 5.15. The van der Waals surface area contributed by atoms with Crippen molar-refractivity contribution in [1.82, 2.24) is 0 Å². The number of aliphatic hydroxyl groups excluding tert-OH is 12. The van der Waals surface area contributed by atoms with Gasteiger partial charge in [0.15, 0.2) is 30.9 Å². The first kappa shape index (κ1) is 56.8. The van der Waals surface area contributed by atoms with Gasteiger partial charge in [-0.3, -0.25) is 0 Å². The standard InChI is InChI=1S/C51H86O22/c1-20(18-65-46-42(62)39(59)35(55)30(17-52)70-46)9-14-51(64)21(2)32-29(73-51)16-28-26-8-7-24-15-25(10-12-49(24,5)27(26)11-13-50(28,32)6)69-48-44(72-47-43(63)38(58)34(54)23(4)68-47)40(60)36(56)31(71-48)19-66-45-41(61)37(57)33(53)22(3)67-45/h20-48,52-64H,7-19H2,1-6H3/t20-,21+,22+,23+,24?,25?,26?,27?,28?,29?,30-,31-,32?,33+,34+,35-,36-,37-,38-,39+,40+,41-,42-,43-,44-,45-,46-,47-,48-,49?,50?,51-/m1/s1. The Hall–Kier alpha value is -0.880. The zero-order valence-electron chi connectivity index (χ0n) is 42.9. The van der Waals surface area contributed by atoms with Crippen LogP contribution in [0.4, 0.5) is 0 Å². The zero-order chi connectivity index (χ0) is 52.8. The molecule has 0 aromatic rings. The van der Waals surface area contributed by atoms with Crippen LogP contribution in [0.5, 0.6) is 0 Å². The first-order valence-corrected chi connectivity index (χ1v) is 27.1. The lowest BCUT2D eigenvalue weighted by Gasteiger charge is -2.61. The highest BCUT2D eigenvalue weighted by Crippen LogP contribution is 2.71. The van der Waals surface area contributed by atoms with E-state index in [1.165, 1.54) is 13.8 Å². The summed E-state index contributed by atoms with van der Waals surface area (Å²) in [7, 11) is 0. The summed E-state index contributed by atoms with van der Waals surface area (Å²) in [4.78, 5) is 0. The molecule has 0 spiro atoms. The van der Waals surface area contributed by atoms with Crippen molar-refractivity contribution in [2.75, 3.05) is 19.8 Å². The molecule has 5 heterocycles. The van der Waals surface area contributed by atoms with Gasteiger partial charge in [0.05, 0.1) is 44.2 Å². The van der Waals surface area contributed by atoms with Gasteiger partial charge in [0, 0.05) is 12.3 Å². The van der Waals surface area contributed by atoms with Crippen LogP contribution in [0.15, 0.2) is 0 Å². The molecule has 22 heteroatoms. The largest absolute Gasteiger partial charge is 0.394 e. The van der Waals surface area contributed by atoms with Gasteiger partial charge in [0.1, 0.15) is 85.5 Å². The molecule has 73 heavy (non-hydrogen) atoms. The maximum Gasteiger partial charge on any atom is 0.187 e. The number of ether oxygens (including phenoxy) is 9. The second kappa shape index (κ2) is 22.0. The molecular weight excluding hydrogens is 965 g/mol. The number of hydrogen-bond donors (Lipinski definition) is 13. The van der Waals surface area contributed by atoms with Gasteiger partial charge in [0.2, 0.25) is 0 Å². The summed E-state index contributed by atoms with van der Waals surface area (Å²) in [5.74, 6) is 0.300. The fourth-order valence-corrected chi connectivity index (χ4v) is 15.4. The zero-order valence-corrected chi connectivity index (χ0v) is 42.9. The Labute approximate surface area is 426 Å². The minimum Gasteiger partial charge on any atom is -0.394 e. The van der Waals surface area contributed by atoms with Crippen LogP contribution in [0, 0.1) is 52.3 Å². The fourth-order valence-electron chi connectivity index (χ4n) is 15.4. The van der Waals surface area contributed by atoms with Crippen molar-refractivity contribution in [2.24, 2.45) is 52.3 Å². The van der Waals surface area contributed by atoms with Crippen LogP contribution in [-0.4, -0.2) is 227 Å². The third kappa shape index (κ3) is 10.4. The van der Waals surface area contributed by atoms with Gasteiger partial charge in [-0.1, -0.05) is 27.7 Å². The first-order valence-electron chi connectivity index (χ1n) is 27.1. The molecule has 9 rings (SSSR count). The van der Waals surface area contributed by atoms with Crippen molar-refractivity contribution < 1.29 is 109 Å². The van der Waals surface area contributed by atoms with Crippen LogP contribution < -0.4 is 0 Å². The van der Waals surface area contributed by atoms with Crippen molar-refractivity contribution in [3.63, 3.8) is 0 Å². The Kier molecular flexibility index (Phi) is 17.1. The Balaban J connectivity index is 0.824. The topological polar surface area (TPSA) is 346 Å². The van der Waals surface area contributed by atoms with Crippen LogP contribution in [0.1, 0.15) is 106 Å². The number of fused-ring (bicyclic) bond motifs is 7. The molecular formula is C51H86O22. The summed E-state index contributed by atoms with van der Waals surface area (Å²) in [6, 6.07) is 0. The number of rotatable bonds is 14. The molecule has 422 valence electrons. The predicted octanol–water partition coefficient (Wildman–Crippen LogP) is -1.90. The smallest absolute Gasteiger partial charge is 0.187 e. The second-order valence-electron chi connectivity index (χ2n) is 24.3. The third-order valence-corrected chi connectivity index (χ3v) is 20.0. The molecule has 32 atom stereocenters. The van der Waals surface area contributed by atoms with Crippen LogP contribution in [0.25, 0.3) is 0 Å². The molecule has 0 amide bonds. The van der Waals surface area contributed by atoms with Gasteiger partial charge in [-0.2, -0.15) is 0 Å². The summed E-state index contributed by atoms with van der Waals surface area (Å²) < 4.78 is 54.3. The maximum absolute atomic E-state index is 12.1. The maximum atomic E-state index is 12.1. The van der Waals surface area contributed by atoms with Crippen molar-refractivity contribution in [2.45, 2.75) is 247 Å². The predicted molar refractivity (Wildman–Crippen MR) is 249 cm³/mol. The highest BCUT2D eigenvalue weighted by Gasteiger charge is 2.68. The Morgan fingerprint density at radius 3 is 1.84 bits per heavy atom. The van der Waals surface area contributed by atoms with Gasteiger partial charge in [-0.05, 0) is 118 Å². The van der Waals surface area contributed by atoms with E-state index in [0.29, 0.717) is 43.4 Å². The number of hydrogen-bond acceptors (Lipinski definition) is 22. The second-order valence-corrected chi connectivity index (χ2v) is 24.3. The molecule has 5 aliphatic heterocycles. The molecule has 9 unspecified atom stereocenters. The van der Waals surface area contributed by atoms with Crippen molar-refractivity contribution in [1.29, 1.82) is 0 Å². The van der Waals surface area contributed by atoms with E-state index in [1.54, 1.807) is 0 Å². The lowest BCUT2D eigenvalue weighted by Crippen LogP contribution is -2.65. The van der Waals surface area contributed by atoms with Crippen molar-refractivity contribution >= 4 is 0 Å². The van der Waals surface area contributed by atoms with Crippen LogP contribution in [0.2, 0.25) is 0 Å². The summed E-state index contributed by atoms with van der Waals surface area (Å²) in [6.07, 6.45) is -20.6. The van der Waals surface area contributed by atoms with E-state index >= 15 is 0 Å². The molecule has 4 saturated carbocycles. The highest BCUT2D eigenvalue weighted by atomic mass is 16.8. The van der Waals surface area contributed by atoms with Crippen LogP contribution >= 0.6 is 0 Å². The van der Waals surface area contributed by atoms with Gasteiger partial charge >= 0.3 is 0 Å². The molecule has 0 radical (unpaired) electrons. The Bertz CT molecular complexity index is 1840. The molecule has 9 fully saturated rings. The minimum absolute atomic E-state index is 0.00150. The molecule has 22 nitrogen and oxygen atoms in total. The summed E-state index contributed by atoms with van der Waals surface area (Å²) >= 11 is 0. The van der Waals surface area contributed by atoms with E-state index in [4.69, 9.17) is 42.6 Å². The van der Waals surface area contributed by atoms with Crippen molar-refractivity contribution in [3.8, 4) is 0 Å². The number of aliphatic hydroxyl groups is 13. The lowest BCUT2D eigenvalue weighted by molar-refractivity contribution is -0.375. The van der Waals surface area contributed by atoms with E-state index in [0.717, 1.165) is 38.5 Å². The first-order chi connectivity index (χ1) is 34.4. The van der Waals surface area contributed by atoms with Crippen molar-refractivity contribution in [3.05, 3.63) is 0 Å². The average molecular weight is 1050 g/mol. The molecule has 13 N–H and O–H groups in total. The SMILES string of the molecule is C[C@H](CC[C@@]1(O)OC2CC3C4CCC5CC(O[C@@H]6O[C@H](CO[C@@H]7O[C@@H](C)[C@H](O)[C@@H](O)[C@H]7O)[C@@H](O)[C@H](O)[C@H]6O[C@H]6O[C@@H](C)[C@H](O)[C@@H](O)[C@H]6O)CCC5(C)C4CCC3(C)C2[C@@H]1C)CO[C@@H]1O[C@H](CO)[C@@H](O)[C@H](O)[C@H]1O. The minimum atomic E-state index is -1.72. The van der Waals surface area contributed by atoms with Crippen LogP contribution in [-0.2, 0) is 42.6 Å². The van der Waals surface area contributed by atoms with E-state index in [9.17, 15) is 66.4 Å². The van der Waals surface area contributed by atoms with Crippen LogP contribution in [0.3, 0.4) is 0 Å². The summed E-state index contributed by atoms with van der Waals surface area (Å²) in [6.45, 7) is 11.1. The molecule has 0 aromatic carbocycles. The third-order valence-electron chi connectivity index (χ3n) is 20.0. The van der Waals surface area contributed by atoms with Gasteiger partial charge < -0.3 is 109 Å². The lowest BCUT2D eigenvalue weighted by atomic mass is 9.44. The Morgan fingerprint density at radius 2 is 1.16 bits per heavy atom. The van der Waals surface area contributed by atoms with Gasteiger partial charge in [-0.25, -0.2) is 0 Å². The monoisotopic (exact) mass is 1050 g/mol. The molecule has 0 bridgehead atoms. The Morgan fingerprint density at radius 1 is 0.575 bits per heavy atom. The fraction of sp³-hybridized carbons (Fsp3) is 1.00. The van der Waals surface area contributed by atoms with E-state index < -0.39 is 142 Å². The van der Waals surface area contributed by atoms with E-state index in [2.05, 4.69) is 20.8 Å². The normalized spacial score (nSPS) is 56.6. The summed E-state index contributed by atoms with van der Waals surface area (Å²) in [5.41, 5.74) is -0.0281. The van der Waals surface area contributed by atoms with E-state index in [1.807, 2.05) is 6.92 Å². The van der Waals surface area contributed by atoms with E-state index in [-0.39, 0.29) is 53.3 Å². The average Bonchev–Trinajstić information content (AvgIpc) is 3.80. The molecule has 4 aliphatic carbocycles. The van der Waals surface area contributed by atoms with Gasteiger partial charge in [-0.15, -0.1) is 0 Å². The summed E-state index contributed by atoms with van der Waals surface area (Å²) in [5, 5.41) is 138. The quantitative estimate of drug-likeness (QED) is 0.0845. The molecule has 0 aromatic heterocycles. The molecule has 9 aliphatic rings.